The van der Waals surface area contributed by atoms with Crippen LogP contribution in [-0.4, -0.2) is 38.7 Å². The fourth-order valence-electron chi connectivity index (χ4n) is 3.12. The first-order valence-electron chi connectivity index (χ1n) is 9.53. The van der Waals surface area contributed by atoms with Crippen LogP contribution in [0.3, 0.4) is 0 Å². The second-order valence-corrected chi connectivity index (χ2v) is 9.24. The zero-order valence-electron chi connectivity index (χ0n) is 16.4. The summed E-state index contributed by atoms with van der Waals surface area (Å²) < 4.78 is 25.6. The highest BCUT2D eigenvalue weighted by Gasteiger charge is 2.31. The van der Waals surface area contributed by atoms with E-state index in [9.17, 15) is 18.0 Å². The van der Waals surface area contributed by atoms with Crippen molar-refractivity contribution in [1.82, 2.24) is 5.32 Å². The number of para-hydroxylation sites is 1. The molecule has 1 fully saturated rings. The van der Waals surface area contributed by atoms with Crippen molar-refractivity contribution in [2.24, 2.45) is 0 Å². The smallest absolute Gasteiger partial charge is 0.319 e. The fraction of sp³-hybridized carbons (Fsp3) is 0.300. The summed E-state index contributed by atoms with van der Waals surface area (Å²) in [6.45, 7) is 2.08. The number of carbonyl (C=O) groups excluding carboxylic acids is 2. The minimum absolute atomic E-state index is 0.0317. The van der Waals surface area contributed by atoms with E-state index in [1.807, 2.05) is 6.07 Å². The summed E-state index contributed by atoms with van der Waals surface area (Å²) in [5.74, 6) is -0.246. The highest BCUT2D eigenvalue weighted by molar-refractivity contribution is 7.92. The van der Waals surface area contributed by atoms with Crippen molar-refractivity contribution in [1.29, 1.82) is 0 Å². The maximum Gasteiger partial charge on any atom is 0.319 e. The molecule has 1 aliphatic heterocycles. The third kappa shape index (κ3) is 5.43. The Kier molecular flexibility index (Phi) is 6.84. The summed E-state index contributed by atoms with van der Waals surface area (Å²) >= 11 is 6.21. The molecule has 3 amide bonds. The van der Waals surface area contributed by atoms with E-state index in [0.29, 0.717) is 35.1 Å². The second kappa shape index (κ2) is 9.36. The largest absolute Gasteiger partial charge is 0.326 e. The zero-order valence-corrected chi connectivity index (χ0v) is 18.0. The Morgan fingerprint density at radius 1 is 1.13 bits per heavy atom. The number of anilines is 3. The van der Waals surface area contributed by atoms with Gasteiger partial charge in [-0.15, -0.1) is 0 Å². The van der Waals surface area contributed by atoms with Gasteiger partial charge in [-0.2, -0.15) is 0 Å². The Hall–Kier alpha value is -2.78. The number of carbonyl (C=O) groups is 2. The topological polar surface area (TPSA) is 108 Å². The number of nitrogens with zero attached hydrogens (tertiary/aromatic N) is 1. The number of hydrogen-bond acceptors (Lipinski definition) is 4. The van der Waals surface area contributed by atoms with Crippen LogP contribution in [0, 0.1) is 0 Å². The van der Waals surface area contributed by atoms with Gasteiger partial charge in [0.05, 0.1) is 16.5 Å². The summed E-state index contributed by atoms with van der Waals surface area (Å²) in [6.07, 6.45) is 1.26. The fourth-order valence-corrected chi connectivity index (χ4v) is 4.00. The molecule has 30 heavy (non-hydrogen) atoms. The number of piperidine rings is 1. The lowest BCUT2D eigenvalue weighted by atomic mass is 10.0. The number of benzene rings is 2. The predicted octanol–water partition coefficient (Wildman–Crippen LogP) is 3.42. The van der Waals surface area contributed by atoms with Gasteiger partial charge in [0.15, 0.2) is 0 Å². The molecule has 1 unspecified atom stereocenters. The lowest BCUT2D eigenvalue weighted by Gasteiger charge is -2.33. The van der Waals surface area contributed by atoms with E-state index < -0.39 is 22.1 Å². The molecule has 3 N–H and O–H groups in total. The molecule has 2 aromatic carbocycles. The number of amides is 3. The Balaban J connectivity index is 1.60. The number of halogens is 1. The van der Waals surface area contributed by atoms with Crippen molar-refractivity contribution < 1.29 is 18.0 Å². The number of sulfonamides is 1. The first kappa shape index (κ1) is 21.9. The molecular weight excluding hydrogens is 428 g/mol. The van der Waals surface area contributed by atoms with Crippen molar-refractivity contribution in [3.8, 4) is 0 Å². The highest BCUT2D eigenvalue weighted by atomic mass is 35.5. The van der Waals surface area contributed by atoms with Crippen molar-refractivity contribution >= 4 is 50.6 Å². The van der Waals surface area contributed by atoms with Gasteiger partial charge in [-0.25, -0.2) is 13.2 Å². The van der Waals surface area contributed by atoms with Gasteiger partial charge in [0, 0.05) is 17.9 Å². The maximum atomic E-state index is 12.8. The van der Waals surface area contributed by atoms with Crippen LogP contribution in [-0.2, 0) is 14.8 Å². The van der Waals surface area contributed by atoms with Crippen LogP contribution in [0.5, 0.6) is 0 Å². The molecule has 1 aliphatic rings. The molecule has 0 spiro atoms. The monoisotopic (exact) mass is 450 g/mol. The van der Waals surface area contributed by atoms with E-state index in [4.69, 9.17) is 11.6 Å². The predicted molar refractivity (Wildman–Crippen MR) is 119 cm³/mol. The zero-order chi connectivity index (χ0) is 21.7. The lowest BCUT2D eigenvalue weighted by molar-refractivity contribution is -0.121. The van der Waals surface area contributed by atoms with E-state index in [-0.39, 0.29) is 11.7 Å². The lowest BCUT2D eigenvalue weighted by Crippen LogP contribution is -2.53. The third-order valence-electron chi connectivity index (χ3n) is 4.68. The third-order valence-corrected chi connectivity index (χ3v) is 6.31. The van der Waals surface area contributed by atoms with E-state index in [1.54, 1.807) is 54.3 Å². The van der Waals surface area contributed by atoms with Crippen LogP contribution < -0.4 is 20.3 Å². The van der Waals surface area contributed by atoms with Crippen molar-refractivity contribution in [3.05, 3.63) is 53.6 Å². The standard InChI is InChI=1S/C20H23ClN4O4S/c1-2-30(28,29)24-15-11-9-14(10-12-15)22-20(27)23-17-7-5-13-25(19(17)26)18-8-4-3-6-16(18)21/h3-4,6,8-12,17,24H,2,5,7,13H2,1H3,(H2,22,23,27). The van der Waals surface area contributed by atoms with Crippen LogP contribution in [0.4, 0.5) is 21.9 Å². The van der Waals surface area contributed by atoms with Crippen LogP contribution in [0.1, 0.15) is 19.8 Å². The van der Waals surface area contributed by atoms with Crippen LogP contribution in [0.15, 0.2) is 48.5 Å². The molecule has 8 nitrogen and oxygen atoms in total. The molecule has 1 saturated heterocycles. The molecule has 3 rings (SSSR count). The van der Waals surface area contributed by atoms with E-state index in [1.165, 1.54) is 0 Å². The van der Waals surface area contributed by atoms with Gasteiger partial charge in [0.1, 0.15) is 6.04 Å². The normalized spacial score (nSPS) is 16.8. The van der Waals surface area contributed by atoms with Crippen LogP contribution in [0.2, 0.25) is 5.02 Å². The van der Waals surface area contributed by atoms with E-state index in [0.717, 1.165) is 6.42 Å². The summed E-state index contributed by atoms with van der Waals surface area (Å²) in [5.41, 5.74) is 1.50. The van der Waals surface area contributed by atoms with Gasteiger partial charge in [0.25, 0.3) is 0 Å². The van der Waals surface area contributed by atoms with E-state index in [2.05, 4.69) is 15.4 Å². The molecule has 0 aromatic heterocycles. The van der Waals surface area contributed by atoms with Gasteiger partial charge >= 0.3 is 6.03 Å². The number of rotatable bonds is 6. The molecule has 1 atom stereocenters. The molecule has 160 valence electrons. The molecule has 10 heteroatoms. The van der Waals surface area contributed by atoms with Gasteiger partial charge in [-0.3, -0.25) is 9.52 Å². The van der Waals surface area contributed by atoms with Crippen LogP contribution in [0.25, 0.3) is 0 Å². The molecule has 0 bridgehead atoms. The second-order valence-electron chi connectivity index (χ2n) is 6.82. The van der Waals surface area contributed by atoms with Gasteiger partial charge in [0.2, 0.25) is 15.9 Å². The number of urea groups is 1. The molecule has 0 radical (unpaired) electrons. The quantitative estimate of drug-likeness (QED) is 0.626. The van der Waals surface area contributed by atoms with Gasteiger partial charge in [-0.05, 0) is 56.2 Å². The summed E-state index contributed by atoms with van der Waals surface area (Å²) in [7, 11) is -3.37. The van der Waals surface area contributed by atoms with Crippen LogP contribution >= 0.6 is 11.6 Å². The Morgan fingerprint density at radius 2 is 1.80 bits per heavy atom. The number of nitrogens with one attached hydrogen (secondary N) is 3. The summed E-state index contributed by atoms with van der Waals surface area (Å²) in [6, 6.07) is 12.2. The minimum Gasteiger partial charge on any atom is -0.326 e. The molecule has 2 aromatic rings. The molecular formula is C20H23ClN4O4S. The Bertz CT molecular complexity index is 1030. The molecule has 1 heterocycles. The summed E-state index contributed by atoms with van der Waals surface area (Å²) in [4.78, 5) is 26.8. The average molecular weight is 451 g/mol. The molecule has 0 aliphatic carbocycles. The van der Waals surface area contributed by atoms with Crippen molar-refractivity contribution in [3.63, 3.8) is 0 Å². The first-order chi connectivity index (χ1) is 14.3. The summed E-state index contributed by atoms with van der Waals surface area (Å²) in [5, 5.41) is 5.84. The van der Waals surface area contributed by atoms with Crippen molar-refractivity contribution in [2.75, 3.05) is 27.2 Å². The molecule has 0 saturated carbocycles. The van der Waals surface area contributed by atoms with E-state index >= 15 is 0 Å². The Labute approximate surface area is 180 Å². The van der Waals surface area contributed by atoms with Crippen molar-refractivity contribution in [2.45, 2.75) is 25.8 Å². The van der Waals surface area contributed by atoms with Gasteiger partial charge in [-0.1, -0.05) is 23.7 Å². The van der Waals surface area contributed by atoms with Gasteiger partial charge < -0.3 is 15.5 Å². The Morgan fingerprint density at radius 3 is 2.47 bits per heavy atom. The first-order valence-corrected chi connectivity index (χ1v) is 11.6. The maximum absolute atomic E-state index is 12.8. The minimum atomic E-state index is -3.37. The SMILES string of the molecule is CCS(=O)(=O)Nc1ccc(NC(=O)NC2CCCN(c3ccccc3Cl)C2=O)cc1. The number of hydrogen-bond donors (Lipinski definition) is 3. The average Bonchev–Trinajstić information content (AvgIpc) is 2.71. The highest BCUT2D eigenvalue weighted by Crippen LogP contribution is 2.28.